The quantitative estimate of drug-likeness (QED) is 0.838. The Kier molecular flexibility index (Phi) is 4.51. The van der Waals surface area contributed by atoms with Crippen LogP contribution in [-0.4, -0.2) is 11.5 Å². The third-order valence-corrected chi connectivity index (χ3v) is 3.52. The summed E-state index contributed by atoms with van der Waals surface area (Å²) in [6, 6.07) is 4.96. The van der Waals surface area contributed by atoms with E-state index < -0.39 is 0 Å². The fourth-order valence-corrected chi connectivity index (χ4v) is 2.67. The Hall–Kier alpha value is -1.32. The van der Waals surface area contributed by atoms with E-state index in [-0.39, 0.29) is 5.82 Å². The van der Waals surface area contributed by atoms with Crippen molar-refractivity contribution < 1.29 is 4.39 Å². The Morgan fingerprint density at radius 1 is 1.15 bits per heavy atom. The number of anilines is 1. The molecular weight excluding hydrogens is 298 g/mol. The zero-order valence-corrected chi connectivity index (χ0v) is 13.0. The molecule has 0 aliphatic heterocycles. The lowest BCUT2D eigenvalue weighted by Gasteiger charge is -2.13. The summed E-state index contributed by atoms with van der Waals surface area (Å²) in [4.78, 5) is 4.37. The maximum absolute atomic E-state index is 14.2. The minimum absolute atomic E-state index is 0.332. The van der Waals surface area contributed by atoms with Gasteiger partial charge in [-0.05, 0) is 44.0 Å². The van der Waals surface area contributed by atoms with E-state index in [9.17, 15) is 4.39 Å². The van der Waals surface area contributed by atoms with Gasteiger partial charge in [0.05, 0.1) is 15.7 Å². The highest BCUT2D eigenvalue weighted by atomic mass is 35.5. The van der Waals surface area contributed by atoms with Crippen molar-refractivity contribution in [2.45, 2.75) is 20.8 Å². The second-order valence-corrected chi connectivity index (χ2v) is 5.43. The molecule has 2 nitrogen and oxygen atoms in total. The van der Waals surface area contributed by atoms with E-state index in [1.807, 2.05) is 26.8 Å². The van der Waals surface area contributed by atoms with Gasteiger partial charge >= 0.3 is 0 Å². The molecule has 1 N–H and O–H groups in total. The zero-order chi connectivity index (χ0) is 14.9. The maximum Gasteiger partial charge on any atom is 0.145 e. The largest absolute Gasteiger partial charge is 0.369 e. The molecule has 2 rings (SSSR count). The van der Waals surface area contributed by atoms with Crippen LogP contribution in [0.15, 0.2) is 18.2 Å². The number of aryl methyl sites for hydroxylation is 2. The number of hydrogen-bond donors (Lipinski definition) is 1. The first-order valence-corrected chi connectivity index (χ1v) is 7.06. The molecule has 5 heteroatoms. The monoisotopic (exact) mass is 312 g/mol. The molecule has 106 valence electrons. The summed E-state index contributed by atoms with van der Waals surface area (Å²) >= 11 is 12.2. The van der Waals surface area contributed by atoms with Crippen LogP contribution in [0.2, 0.25) is 10.0 Å². The van der Waals surface area contributed by atoms with Crippen LogP contribution in [0.25, 0.3) is 11.3 Å². The fraction of sp³-hybridized carbons (Fsp3) is 0.267. The van der Waals surface area contributed by atoms with E-state index in [4.69, 9.17) is 23.2 Å². The Morgan fingerprint density at radius 3 is 2.45 bits per heavy atom. The van der Waals surface area contributed by atoms with Crippen molar-refractivity contribution in [3.63, 3.8) is 0 Å². The highest BCUT2D eigenvalue weighted by Gasteiger charge is 2.16. The molecule has 0 aliphatic rings. The Bertz CT molecular complexity index is 634. The molecule has 2 aromatic rings. The van der Waals surface area contributed by atoms with Gasteiger partial charge in [0.2, 0.25) is 0 Å². The maximum atomic E-state index is 14.2. The summed E-state index contributed by atoms with van der Waals surface area (Å²) in [5, 5.41) is 3.80. The Balaban J connectivity index is 2.66. The molecule has 0 atom stereocenters. The lowest BCUT2D eigenvalue weighted by Crippen LogP contribution is -2.02. The molecule has 0 saturated heterocycles. The standard InChI is InChI=1S/C15H15Cl2FN2/c1-4-19-15-11(17)7-10(16)14(20-15)13-9(3)5-8(2)6-12(13)18/h5-7H,4H2,1-3H3,(H,19,20). The van der Waals surface area contributed by atoms with E-state index in [1.54, 1.807) is 6.07 Å². The minimum atomic E-state index is -0.332. The van der Waals surface area contributed by atoms with Gasteiger partial charge in [-0.25, -0.2) is 9.37 Å². The third kappa shape index (κ3) is 2.89. The summed E-state index contributed by atoms with van der Waals surface area (Å²) in [6.07, 6.45) is 0. The van der Waals surface area contributed by atoms with Crippen molar-refractivity contribution in [1.82, 2.24) is 4.98 Å². The van der Waals surface area contributed by atoms with Crippen molar-refractivity contribution in [1.29, 1.82) is 0 Å². The van der Waals surface area contributed by atoms with Crippen LogP contribution in [0.4, 0.5) is 10.2 Å². The molecule has 0 spiro atoms. The molecule has 0 unspecified atom stereocenters. The van der Waals surface area contributed by atoms with Crippen molar-refractivity contribution in [3.05, 3.63) is 45.2 Å². The number of benzene rings is 1. The van der Waals surface area contributed by atoms with E-state index in [2.05, 4.69) is 10.3 Å². The predicted molar refractivity (Wildman–Crippen MR) is 83.3 cm³/mol. The second-order valence-electron chi connectivity index (χ2n) is 4.62. The van der Waals surface area contributed by atoms with Crippen LogP contribution < -0.4 is 5.32 Å². The molecule has 0 bridgehead atoms. The third-order valence-electron chi connectivity index (χ3n) is 2.94. The number of nitrogens with one attached hydrogen (secondary N) is 1. The fourth-order valence-electron chi connectivity index (χ4n) is 2.15. The first-order valence-electron chi connectivity index (χ1n) is 6.31. The summed E-state index contributed by atoms with van der Waals surface area (Å²) in [6.45, 7) is 6.29. The van der Waals surface area contributed by atoms with Gasteiger partial charge in [0.15, 0.2) is 0 Å². The molecule has 0 fully saturated rings. The SMILES string of the molecule is CCNc1nc(-c2c(C)cc(C)cc2F)c(Cl)cc1Cl. The number of rotatable bonds is 3. The first-order chi connectivity index (χ1) is 9.43. The van der Waals surface area contributed by atoms with Crippen LogP contribution >= 0.6 is 23.2 Å². The normalized spacial score (nSPS) is 10.7. The van der Waals surface area contributed by atoms with Gasteiger partial charge in [0, 0.05) is 12.1 Å². The highest BCUT2D eigenvalue weighted by Crippen LogP contribution is 2.35. The van der Waals surface area contributed by atoms with Gasteiger partial charge in [-0.1, -0.05) is 29.3 Å². The molecule has 1 aromatic carbocycles. The summed E-state index contributed by atoms with van der Waals surface area (Å²) in [5.41, 5.74) is 2.47. The lowest BCUT2D eigenvalue weighted by molar-refractivity contribution is 0.628. The lowest BCUT2D eigenvalue weighted by atomic mass is 10.0. The van der Waals surface area contributed by atoms with Crippen LogP contribution in [0, 0.1) is 19.7 Å². The average Bonchev–Trinajstić information content (AvgIpc) is 2.33. The second kappa shape index (κ2) is 5.98. The summed E-state index contributed by atoms with van der Waals surface area (Å²) in [7, 11) is 0. The summed E-state index contributed by atoms with van der Waals surface area (Å²) < 4.78 is 14.2. The van der Waals surface area contributed by atoms with Gasteiger partial charge in [-0.3, -0.25) is 0 Å². The van der Waals surface area contributed by atoms with Crippen molar-refractivity contribution in [3.8, 4) is 11.3 Å². The van der Waals surface area contributed by atoms with Gasteiger partial charge in [0.25, 0.3) is 0 Å². The predicted octanol–water partition coefficient (Wildman–Crippen LogP) is 5.24. The van der Waals surface area contributed by atoms with Crippen molar-refractivity contribution in [2.75, 3.05) is 11.9 Å². The zero-order valence-electron chi connectivity index (χ0n) is 11.5. The molecular formula is C15H15Cl2FN2. The van der Waals surface area contributed by atoms with Gasteiger partial charge in [-0.15, -0.1) is 0 Å². The molecule has 1 aromatic heterocycles. The van der Waals surface area contributed by atoms with Crippen LogP contribution in [0.5, 0.6) is 0 Å². The highest BCUT2D eigenvalue weighted by molar-refractivity contribution is 6.37. The van der Waals surface area contributed by atoms with Crippen molar-refractivity contribution in [2.24, 2.45) is 0 Å². The van der Waals surface area contributed by atoms with Gasteiger partial charge in [-0.2, -0.15) is 0 Å². The number of aromatic nitrogens is 1. The summed E-state index contributed by atoms with van der Waals surface area (Å²) in [5.74, 6) is 0.176. The number of pyridine rings is 1. The number of hydrogen-bond acceptors (Lipinski definition) is 2. The molecule has 1 heterocycles. The van der Waals surface area contributed by atoms with E-state index in [1.165, 1.54) is 6.07 Å². The first kappa shape index (κ1) is 15.1. The van der Waals surface area contributed by atoms with E-state index in [0.29, 0.717) is 33.7 Å². The van der Waals surface area contributed by atoms with Crippen LogP contribution in [0.3, 0.4) is 0 Å². The van der Waals surface area contributed by atoms with Gasteiger partial charge < -0.3 is 5.32 Å². The molecule has 0 saturated carbocycles. The molecule has 0 amide bonds. The molecule has 20 heavy (non-hydrogen) atoms. The number of halogens is 3. The Labute approximate surface area is 127 Å². The molecule has 0 aliphatic carbocycles. The van der Waals surface area contributed by atoms with Gasteiger partial charge in [0.1, 0.15) is 11.6 Å². The average molecular weight is 313 g/mol. The minimum Gasteiger partial charge on any atom is -0.369 e. The molecule has 0 radical (unpaired) electrons. The smallest absolute Gasteiger partial charge is 0.145 e. The van der Waals surface area contributed by atoms with E-state index in [0.717, 1.165) is 11.1 Å². The Morgan fingerprint density at radius 2 is 1.85 bits per heavy atom. The van der Waals surface area contributed by atoms with Crippen LogP contribution in [0.1, 0.15) is 18.1 Å². The topological polar surface area (TPSA) is 24.9 Å². The van der Waals surface area contributed by atoms with E-state index >= 15 is 0 Å². The van der Waals surface area contributed by atoms with Crippen molar-refractivity contribution >= 4 is 29.0 Å². The number of nitrogens with zero attached hydrogens (tertiary/aromatic N) is 1. The van der Waals surface area contributed by atoms with Crippen LogP contribution in [-0.2, 0) is 0 Å².